The molecule has 1 fully saturated rings. The molecular weight excluding hydrogens is 178 g/mol. The van der Waals surface area contributed by atoms with Crippen molar-refractivity contribution < 1.29 is 9.53 Å². The maximum atomic E-state index is 10.8. The standard InChI is InChI=1S/C11H19NO2/c1-9(2)10-4-6-12(8-10)7-5-11(13)14-3/h5,7,9-10H,4,6,8H2,1-3H3/b7-5+. The Hall–Kier alpha value is -0.990. The molecule has 3 heteroatoms. The molecule has 0 amide bonds. The molecule has 1 unspecified atom stereocenters. The van der Waals surface area contributed by atoms with Crippen LogP contribution in [0.4, 0.5) is 0 Å². The molecule has 0 spiro atoms. The first-order chi connectivity index (χ1) is 6.63. The Labute approximate surface area is 85.7 Å². The fourth-order valence-corrected chi connectivity index (χ4v) is 1.73. The summed E-state index contributed by atoms with van der Waals surface area (Å²) >= 11 is 0. The van der Waals surface area contributed by atoms with E-state index in [1.165, 1.54) is 19.6 Å². The lowest BCUT2D eigenvalue weighted by Crippen LogP contribution is -2.16. The monoisotopic (exact) mass is 197 g/mol. The molecule has 1 rings (SSSR count). The first kappa shape index (κ1) is 11.1. The molecule has 1 heterocycles. The highest BCUT2D eigenvalue weighted by atomic mass is 16.5. The number of likely N-dealkylation sites (tertiary alicyclic amines) is 1. The number of esters is 1. The smallest absolute Gasteiger partial charge is 0.331 e. The van der Waals surface area contributed by atoms with Crippen LogP contribution in [0.3, 0.4) is 0 Å². The summed E-state index contributed by atoms with van der Waals surface area (Å²) in [5.41, 5.74) is 0. The Morgan fingerprint density at radius 3 is 2.79 bits per heavy atom. The van der Waals surface area contributed by atoms with Crippen molar-refractivity contribution in [2.45, 2.75) is 20.3 Å². The van der Waals surface area contributed by atoms with Gasteiger partial charge in [0, 0.05) is 25.4 Å². The largest absolute Gasteiger partial charge is 0.466 e. The quantitative estimate of drug-likeness (QED) is 0.509. The van der Waals surface area contributed by atoms with Crippen molar-refractivity contribution in [2.24, 2.45) is 11.8 Å². The summed E-state index contributed by atoms with van der Waals surface area (Å²) in [6.45, 7) is 6.61. The number of hydrogen-bond acceptors (Lipinski definition) is 3. The second kappa shape index (κ2) is 5.03. The number of carbonyl (C=O) groups is 1. The normalized spacial score (nSPS) is 22.3. The molecule has 1 saturated heterocycles. The molecule has 0 aromatic heterocycles. The van der Waals surface area contributed by atoms with Gasteiger partial charge < -0.3 is 9.64 Å². The lowest BCUT2D eigenvalue weighted by Gasteiger charge is -2.15. The summed E-state index contributed by atoms with van der Waals surface area (Å²) in [6.07, 6.45) is 4.56. The fourth-order valence-electron chi connectivity index (χ4n) is 1.73. The van der Waals surface area contributed by atoms with Crippen LogP contribution in [0.2, 0.25) is 0 Å². The third kappa shape index (κ3) is 3.05. The van der Waals surface area contributed by atoms with Crippen LogP contribution in [0.15, 0.2) is 12.3 Å². The lowest BCUT2D eigenvalue weighted by atomic mass is 9.95. The summed E-state index contributed by atoms with van der Waals surface area (Å²) in [5.74, 6) is 1.21. The van der Waals surface area contributed by atoms with E-state index in [1.54, 1.807) is 0 Å². The first-order valence-electron chi connectivity index (χ1n) is 5.13. The Bertz CT molecular complexity index is 223. The molecule has 0 aromatic rings. The minimum absolute atomic E-state index is 0.280. The topological polar surface area (TPSA) is 29.5 Å². The van der Waals surface area contributed by atoms with Crippen LogP contribution in [-0.4, -0.2) is 31.1 Å². The average molecular weight is 197 g/mol. The van der Waals surface area contributed by atoms with E-state index in [-0.39, 0.29) is 5.97 Å². The van der Waals surface area contributed by atoms with Gasteiger partial charge in [-0.05, 0) is 18.3 Å². The molecule has 0 bridgehead atoms. The number of carbonyl (C=O) groups excluding carboxylic acids is 1. The van der Waals surface area contributed by atoms with Crippen LogP contribution >= 0.6 is 0 Å². The highest BCUT2D eigenvalue weighted by Gasteiger charge is 2.22. The van der Waals surface area contributed by atoms with Gasteiger partial charge in [-0.1, -0.05) is 13.8 Å². The molecule has 0 aromatic carbocycles. The van der Waals surface area contributed by atoms with Gasteiger partial charge in [0.15, 0.2) is 0 Å². The molecule has 0 aliphatic carbocycles. The third-order valence-electron chi connectivity index (χ3n) is 2.82. The summed E-state index contributed by atoms with van der Waals surface area (Å²) in [6, 6.07) is 0. The van der Waals surface area contributed by atoms with Crippen LogP contribution in [-0.2, 0) is 9.53 Å². The van der Waals surface area contributed by atoms with Crippen molar-refractivity contribution in [2.75, 3.05) is 20.2 Å². The number of nitrogens with zero attached hydrogens (tertiary/aromatic N) is 1. The van der Waals surface area contributed by atoms with Crippen LogP contribution in [0.1, 0.15) is 20.3 Å². The zero-order chi connectivity index (χ0) is 10.6. The highest BCUT2D eigenvalue weighted by Crippen LogP contribution is 2.23. The van der Waals surface area contributed by atoms with E-state index >= 15 is 0 Å². The van der Waals surface area contributed by atoms with Gasteiger partial charge in [0.05, 0.1) is 7.11 Å². The van der Waals surface area contributed by atoms with Gasteiger partial charge in [0.1, 0.15) is 0 Å². The minimum atomic E-state index is -0.280. The number of ether oxygens (including phenoxy) is 1. The van der Waals surface area contributed by atoms with E-state index in [4.69, 9.17) is 0 Å². The molecule has 1 aliphatic heterocycles. The molecule has 1 aliphatic rings. The molecule has 1 atom stereocenters. The predicted octanol–water partition coefficient (Wildman–Crippen LogP) is 1.65. The molecule has 80 valence electrons. The van der Waals surface area contributed by atoms with Gasteiger partial charge in [-0.3, -0.25) is 0 Å². The predicted molar refractivity (Wildman–Crippen MR) is 55.7 cm³/mol. The highest BCUT2D eigenvalue weighted by molar-refractivity contribution is 5.81. The summed E-state index contributed by atoms with van der Waals surface area (Å²) in [7, 11) is 1.40. The van der Waals surface area contributed by atoms with Crippen molar-refractivity contribution in [1.29, 1.82) is 0 Å². The Balaban J connectivity index is 2.35. The summed E-state index contributed by atoms with van der Waals surface area (Å²) in [4.78, 5) is 13.0. The molecule has 0 radical (unpaired) electrons. The van der Waals surface area contributed by atoms with E-state index in [0.29, 0.717) is 0 Å². The molecular formula is C11H19NO2. The fraction of sp³-hybridized carbons (Fsp3) is 0.727. The zero-order valence-corrected chi connectivity index (χ0v) is 9.19. The molecule has 0 N–H and O–H groups in total. The Morgan fingerprint density at radius 1 is 1.57 bits per heavy atom. The molecule has 3 nitrogen and oxygen atoms in total. The summed E-state index contributed by atoms with van der Waals surface area (Å²) in [5, 5.41) is 0. The number of rotatable bonds is 3. The lowest BCUT2D eigenvalue weighted by molar-refractivity contribution is -0.134. The Kier molecular flexibility index (Phi) is 3.98. The van der Waals surface area contributed by atoms with Crippen LogP contribution < -0.4 is 0 Å². The first-order valence-corrected chi connectivity index (χ1v) is 5.13. The molecule has 0 saturated carbocycles. The van der Waals surface area contributed by atoms with Crippen molar-refractivity contribution in [3.8, 4) is 0 Å². The van der Waals surface area contributed by atoms with Gasteiger partial charge in [0.25, 0.3) is 0 Å². The number of hydrogen-bond donors (Lipinski definition) is 0. The van der Waals surface area contributed by atoms with E-state index in [9.17, 15) is 4.79 Å². The van der Waals surface area contributed by atoms with Crippen molar-refractivity contribution >= 4 is 5.97 Å². The van der Waals surface area contributed by atoms with Crippen LogP contribution in [0, 0.1) is 11.8 Å². The van der Waals surface area contributed by atoms with Crippen molar-refractivity contribution in [1.82, 2.24) is 4.90 Å². The van der Waals surface area contributed by atoms with E-state index in [2.05, 4.69) is 23.5 Å². The van der Waals surface area contributed by atoms with Crippen LogP contribution in [0.25, 0.3) is 0 Å². The van der Waals surface area contributed by atoms with E-state index < -0.39 is 0 Å². The second-order valence-electron chi connectivity index (χ2n) is 4.13. The van der Waals surface area contributed by atoms with Crippen LogP contribution in [0.5, 0.6) is 0 Å². The van der Waals surface area contributed by atoms with Gasteiger partial charge in [-0.25, -0.2) is 4.79 Å². The van der Waals surface area contributed by atoms with Gasteiger partial charge in [-0.2, -0.15) is 0 Å². The summed E-state index contributed by atoms with van der Waals surface area (Å²) < 4.78 is 4.53. The number of methoxy groups -OCH3 is 1. The second-order valence-corrected chi connectivity index (χ2v) is 4.13. The third-order valence-corrected chi connectivity index (χ3v) is 2.82. The van der Waals surface area contributed by atoms with E-state index in [1.807, 2.05) is 6.20 Å². The van der Waals surface area contributed by atoms with Crippen molar-refractivity contribution in [3.05, 3.63) is 12.3 Å². The van der Waals surface area contributed by atoms with Crippen molar-refractivity contribution in [3.63, 3.8) is 0 Å². The maximum absolute atomic E-state index is 10.8. The van der Waals surface area contributed by atoms with E-state index in [0.717, 1.165) is 24.9 Å². The average Bonchev–Trinajstić information content (AvgIpc) is 2.62. The SMILES string of the molecule is COC(=O)/C=C/N1CCC(C(C)C)C1. The van der Waals surface area contributed by atoms with Gasteiger partial charge in [-0.15, -0.1) is 0 Å². The minimum Gasteiger partial charge on any atom is -0.466 e. The van der Waals surface area contributed by atoms with Gasteiger partial charge in [0.2, 0.25) is 0 Å². The zero-order valence-electron chi connectivity index (χ0n) is 9.19. The Morgan fingerprint density at radius 2 is 2.29 bits per heavy atom. The molecule has 14 heavy (non-hydrogen) atoms. The van der Waals surface area contributed by atoms with Gasteiger partial charge >= 0.3 is 5.97 Å². The maximum Gasteiger partial charge on any atom is 0.331 e.